The number of nitrogens with one attached hydrogen (secondary N) is 1. The molecule has 2 aromatic carbocycles. The van der Waals surface area contributed by atoms with Crippen LogP contribution in [0.3, 0.4) is 0 Å². The molecule has 1 N–H and O–H groups in total. The number of anilines is 1. The van der Waals surface area contributed by atoms with Gasteiger partial charge in [-0.15, -0.1) is 0 Å². The van der Waals surface area contributed by atoms with Crippen LogP contribution < -0.4 is 10.8 Å². The van der Waals surface area contributed by atoms with Crippen molar-refractivity contribution < 1.29 is 0 Å². The predicted molar refractivity (Wildman–Crippen MR) is 142 cm³/mol. The molecule has 4 aromatic rings. The molecule has 1 unspecified atom stereocenters. The van der Waals surface area contributed by atoms with E-state index in [-0.39, 0.29) is 0 Å². The van der Waals surface area contributed by atoms with Crippen LogP contribution in [0.5, 0.6) is 0 Å². The van der Waals surface area contributed by atoms with Crippen LogP contribution in [0.2, 0.25) is 5.02 Å². The highest BCUT2D eigenvalue weighted by molar-refractivity contribution is 9.10. The van der Waals surface area contributed by atoms with E-state index in [1.807, 2.05) is 34.8 Å². The molecule has 33 heavy (non-hydrogen) atoms. The Labute approximate surface area is 208 Å². The number of likely N-dealkylation sites (tertiary alicyclic amines) is 1. The number of halogens is 2. The first-order valence-corrected chi connectivity index (χ1v) is 12.6. The van der Waals surface area contributed by atoms with Gasteiger partial charge in [0.1, 0.15) is 13.7 Å². The topological polar surface area (TPSA) is 45.5 Å². The first kappa shape index (κ1) is 22.4. The van der Waals surface area contributed by atoms with E-state index in [0.29, 0.717) is 10.9 Å². The summed E-state index contributed by atoms with van der Waals surface area (Å²) in [4.78, 5) is 7.39. The number of piperidine rings is 1. The lowest BCUT2D eigenvalue weighted by Crippen LogP contribution is -2.38. The summed E-state index contributed by atoms with van der Waals surface area (Å²) in [5.41, 5.74) is 5.32. The van der Waals surface area contributed by atoms with Crippen LogP contribution in [0.15, 0.2) is 65.3 Å². The number of aromatic nitrogens is 3. The van der Waals surface area contributed by atoms with Gasteiger partial charge in [-0.1, -0.05) is 59.5 Å². The van der Waals surface area contributed by atoms with E-state index in [2.05, 4.69) is 63.4 Å². The van der Waals surface area contributed by atoms with Gasteiger partial charge in [0.2, 0.25) is 0 Å². The molecule has 5 nitrogen and oxygen atoms in total. The maximum Gasteiger partial charge on any atom is 0.172 e. The Bertz CT molecular complexity index is 1280. The van der Waals surface area contributed by atoms with Crippen molar-refractivity contribution >= 4 is 52.3 Å². The molecule has 0 spiro atoms. The number of hydrogen-bond donors (Lipinski definition) is 1. The zero-order valence-corrected chi connectivity index (χ0v) is 21.0. The third-order valence-electron chi connectivity index (χ3n) is 6.41. The molecular formula is C25H26BBrClN5. The van der Waals surface area contributed by atoms with E-state index in [0.717, 1.165) is 53.4 Å². The molecule has 1 fully saturated rings. The first-order valence-electron chi connectivity index (χ1n) is 11.4. The molecule has 168 valence electrons. The van der Waals surface area contributed by atoms with Crippen molar-refractivity contribution in [2.24, 2.45) is 5.92 Å². The molecular weight excluding hydrogens is 496 g/mol. The second-order valence-electron chi connectivity index (χ2n) is 8.79. The number of hydrogen-bond acceptors (Lipinski definition) is 4. The van der Waals surface area contributed by atoms with Gasteiger partial charge in [-0.2, -0.15) is 9.61 Å². The van der Waals surface area contributed by atoms with E-state index in [1.165, 1.54) is 23.9 Å². The summed E-state index contributed by atoms with van der Waals surface area (Å²) in [5, 5.41) is 8.88. The summed E-state index contributed by atoms with van der Waals surface area (Å²) in [6.07, 6.45) is 4.24. The van der Waals surface area contributed by atoms with Crippen LogP contribution >= 0.6 is 27.5 Å². The molecule has 0 bridgehead atoms. The van der Waals surface area contributed by atoms with Gasteiger partial charge in [-0.25, -0.2) is 4.98 Å². The van der Waals surface area contributed by atoms with Crippen LogP contribution in [-0.2, 0) is 6.54 Å². The average molecular weight is 523 g/mol. The van der Waals surface area contributed by atoms with Crippen molar-refractivity contribution in [2.75, 3.05) is 25.0 Å². The zero-order valence-electron chi connectivity index (χ0n) is 18.6. The van der Waals surface area contributed by atoms with Crippen molar-refractivity contribution in [1.29, 1.82) is 0 Å². The highest BCUT2D eigenvalue weighted by atomic mass is 79.9. The number of rotatable bonds is 6. The SMILES string of the molecule is Bc1ccccc1CN1CCCC(CNc2cc(-c3ccccc3Cl)nc3c(Br)cnn23)C1. The summed E-state index contributed by atoms with van der Waals surface area (Å²) in [6.45, 7) is 4.16. The number of fused-ring (bicyclic) bond motifs is 1. The fourth-order valence-corrected chi connectivity index (χ4v) is 5.19. The van der Waals surface area contributed by atoms with Gasteiger partial charge >= 0.3 is 0 Å². The van der Waals surface area contributed by atoms with Crippen molar-refractivity contribution in [3.8, 4) is 11.3 Å². The molecule has 0 saturated carbocycles. The summed E-state index contributed by atoms with van der Waals surface area (Å²) in [6, 6.07) is 18.6. The van der Waals surface area contributed by atoms with Crippen LogP contribution in [0, 0.1) is 5.92 Å². The summed E-state index contributed by atoms with van der Waals surface area (Å²) in [7, 11) is 2.20. The molecule has 1 aliphatic rings. The molecule has 8 heteroatoms. The van der Waals surface area contributed by atoms with Gasteiger partial charge in [0.05, 0.1) is 16.4 Å². The normalized spacial score (nSPS) is 16.8. The van der Waals surface area contributed by atoms with E-state index < -0.39 is 0 Å². The highest BCUT2D eigenvalue weighted by Gasteiger charge is 2.21. The fourth-order valence-electron chi connectivity index (χ4n) is 4.61. The van der Waals surface area contributed by atoms with Crippen LogP contribution in [0.1, 0.15) is 18.4 Å². The van der Waals surface area contributed by atoms with E-state index in [1.54, 1.807) is 6.20 Å². The Kier molecular flexibility index (Phi) is 6.72. The van der Waals surface area contributed by atoms with E-state index in [4.69, 9.17) is 16.6 Å². The summed E-state index contributed by atoms with van der Waals surface area (Å²) < 4.78 is 2.72. The number of benzene rings is 2. The molecule has 0 radical (unpaired) electrons. The first-order chi connectivity index (χ1) is 16.1. The predicted octanol–water partition coefficient (Wildman–Crippen LogP) is 4.39. The molecule has 3 heterocycles. The van der Waals surface area contributed by atoms with Gasteiger partial charge in [0.15, 0.2) is 5.65 Å². The maximum absolute atomic E-state index is 6.47. The molecule has 1 aliphatic heterocycles. The van der Waals surface area contributed by atoms with Gasteiger partial charge in [0, 0.05) is 36.3 Å². The smallest absolute Gasteiger partial charge is 0.172 e. The Morgan fingerprint density at radius 3 is 2.82 bits per heavy atom. The lowest BCUT2D eigenvalue weighted by Gasteiger charge is -2.33. The minimum absolute atomic E-state index is 0.578. The van der Waals surface area contributed by atoms with Gasteiger partial charge < -0.3 is 5.32 Å². The molecule has 1 saturated heterocycles. The van der Waals surface area contributed by atoms with Gasteiger partial charge in [0.25, 0.3) is 0 Å². The molecule has 0 aliphatic carbocycles. The molecule has 0 amide bonds. The van der Waals surface area contributed by atoms with E-state index >= 15 is 0 Å². The molecule has 1 atom stereocenters. The van der Waals surface area contributed by atoms with Crippen LogP contribution in [0.4, 0.5) is 5.82 Å². The largest absolute Gasteiger partial charge is 0.370 e. The monoisotopic (exact) mass is 521 g/mol. The third kappa shape index (κ3) is 4.95. The van der Waals surface area contributed by atoms with E-state index in [9.17, 15) is 0 Å². The second kappa shape index (κ2) is 9.88. The highest BCUT2D eigenvalue weighted by Crippen LogP contribution is 2.30. The van der Waals surface area contributed by atoms with Gasteiger partial charge in [-0.3, -0.25) is 4.90 Å². The quantitative estimate of drug-likeness (QED) is 0.382. The maximum atomic E-state index is 6.47. The standard InChI is InChI=1S/C25H26BBrClN5/c26-20-9-3-1-7-18(20)16-32-11-5-6-17(15-32)13-29-24-12-23(19-8-2-4-10-22(19)28)31-25-21(27)14-30-33(24)25/h1-4,7-10,12,14,17,29H,5-6,11,13,15-16,26H2. The van der Waals surface area contributed by atoms with Crippen molar-refractivity contribution in [3.05, 3.63) is 75.9 Å². The van der Waals surface area contributed by atoms with Crippen LogP contribution in [0.25, 0.3) is 16.9 Å². The molecule has 5 rings (SSSR count). The Hall–Kier alpha value is -2.35. The lowest BCUT2D eigenvalue weighted by molar-refractivity contribution is 0.173. The number of nitrogens with zero attached hydrogens (tertiary/aromatic N) is 4. The average Bonchev–Trinajstić information content (AvgIpc) is 3.20. The van der Waals surface area contributed by atoms with Crippen LogP contribution in [-0.4, -0.2) is 47.0 Å². The lowest BCUT2D eigenvalue weighted by atomic mass is 9.89. The Morgan fingerprint density at radius 1 is 1.15 bits per heavy atom. The minimum Gasteiger partial charge on any atom is -0.370 e. The zero-order chi connectivity index (χ0) is 22.8. The molecule has 2 aromatic heterocycles. The van der Waals surface area contributed by atoms with Crippen molar-refractivity contribution in [2.45, 2.75) is 19.4 Å². The Morgan fingerprint density at radius 2 is 1.97 bits per heavy atom. The van der Waals surface area contributed by atoms with Crippen molar-refractivity contribution in [1.82, 2.24) is 19.5 Å². The third-order valence-corrected chi connectivity index (χ3v) is 7.30. The second-order valence-corrected chi connectivity index (χ2v) is 10.0. The summed E-state index contributed by atoms with van der Waals surface area (Å²) >= 11 is 10.1. The minimum atomic E-state index is 0.578. The van der Waals surface area contributed by atoms with Gasteiger partial charge in [-0.05, 0) is 52.9 Å². The summed E-state index contributed by atoms with van der Waals surface area (Å²) in [5.74, 6) is 1.50. The van der Waals surface area contributed by atoms with Crippen molar-refractivity contribution in [3.63, 3.8) is 0 Å². The Balaban J connectivity index is 1.34. The fraction of sp³-hybridized carbons (Fsp3) is 0.280.